The summed E-state index contributed by atoms with van der Waals surface area (Å²) < 4.78 is 53.9. The molecule has 2 N–H and O–H groups in total. The van der Waals surface area contributed by atoms with Gasteiger partial charge < -0.3 is 5.11 Å². The summed E-state index contributed by atoms with van der Waals surface area (Å²) in [6.07, 6.45) is 2.68. The average molecular weight is 379 g/mol. The Hall–Kier alpha value is -1.58. The van der Waals surface area contributed by atoms with Crippen LogP contribution in [0.15, 0.2) is 40.0 Å². The summed E-state index contributed by atoms with van der Waals surface area (Å²) in [7, 11) is -4.36. The lowest BCUT2D eigenvalue weighted by atomic mass is 10.2. The number of sulfonamides is 1. The van der Waals surface area contributed by atoms with E-state index in [9.17, 15) is 17.2 Å². The van der Waals surface area contributed by atoms with Crippen LogP contribution in [0.2, 0.25) is 0 Å². The molecule has 1 aromatic heterocycles. The fourth-order valence-corrected chi connectivity index (χ4v) is 3.26. The van der Waals surface area contributed by atoms with Crippen molar-refractivity contribution in [1.29, 1.82) is 0 Å². The van der Waals surface area contributed by atoms with Gasteiger partial charge in [0.05, 0.1) is 16.8 Å². The highest BCUT2D eigenvalue weighted by atomic mass is 79.9. The zero-order valence-electron chi connectivity index (χ0n) is 10.3. The van der Waals surface area contributed by atoms with Crippen LogP contribution in [-0.4, -0.2) is 18.5 Å². The van der Waals surface area contributed by atoms with Crippen LogP contribution in [0.3, 0.4) is 0 Å². The van der Waals surface area contributed by atoms with Gasteiger partial charge >= 0.3 is 0 Å². The van der Waals surface area contributed by atoms with Crippen molar-refractivity contribution in [1.82, 2.24) is 4.98 Å². The van der Waals surface area contributed by atoms with Gasteiger partial charge in [0.15, 0.2) is 11.6 Å². The molecule has 2 aromatic rings. The highest BCUT2D eigenvalue weighted by molar-refractivity contribution is 9.10. The Kier molecular flexibility index (Phi) is 4.55. The maximum absolute atomic E-state index is 13.7. The Morgan fingerprint density at radius 2 is 2.05 bits per heavy atom. The molecule has 112 valence electrons. The van der Waals surface area contributed by atoms with E-state index in [-0.39, 0.29) is 11.3 Å². The van der Waals surface area contributed by atoms with Crippen molar-refractivity contribution in [2.45, 2.75) is 11.5 Å². The third-order valence-electron chi connectivity index (χ3n) is 2.54. The number of anilines is 1. The molecule has 0 radical (unpaired) electrons. The van der Waals surface area contributed by atoms with Crippen LogP contribution in [0, 0.1) is 11.6 Å². The molecule has 5 nitrogen and oxygen atoms in total. The van der Waals surface area contributed by atoms with E-state index < -0.39 is 33.2 Å². The third-order valence-corrected chi connectivity index (χ3v) is 4.54. The normalized spacial score (nSPS) is 11.4. The molecule has 0 aliphatic carbocycles. The quantitative estimate of drug-likeness (QED) is 0.855. The van der Waals surface area contributed by atoms with Crippen LogP contribution in [-0.2, 0) is 16.6 Å². The molecule has 21 heavy (non-hydrogen) atoms. The SMILES string of the molecule is O=S(=O)(Nc1ccncc1Br)c1cc(CO)cc(F)c1F. The Morgan fingerprint density at radius 3 is 2.67 bits per heavy atom. The van der Waals surface area contributed by atoms with Gasteiger partial charge in [0, 0.05) is 12.4 Å². The number of nitrogens with zero attached hydrogens (tertiary/aromatic N) is 1. The first-order valence-electron chi connectivity index (χ1n) is 5.56. The van der Waals surface area contributed by atoms with E-state index in [1.807, 2.05) is 0 Å². The Labute approximate surface area is 127 Å². The zero-order chi connectivity index (χ0) is 15.6. The van der Waals surface area contributed by atoms with Crippen LogP contribution < -0.4 is 4.72 Å². The molecule has 2 rings (SSSR count). The van der Waals surface area contributed by atoms with Gasteiger partial charge in [0.1, 0.15) is 4.90 Å². The molecule has 1 aromatic carbocycles. The van der Waals surface area contributed by atoms with Gasteiger partial charge in [0.2, 0.25) is 0 Å². The van der Waals surface area contributed by atoms with Gasteiger partial charge in [-0.15, -0.1) is 0 Å². The summed E-state index contributed by atoms with van der Waals surface area (Å²) in [4.78, 5) is 2.88. The molecule has 9 heteroatoms. The number of nitrogens with one attached hydrogen (secondary N) is 1. The predicted molar refractivity (Wildman–Crippen MR) is 75.0 cm³/mol. The van der Waals surface area contributed by atoms with Crippen molar-refractivity contribution in [3.8, 4) is 0 Å². The van der Waals surface area contributed by atoms with Crippen LogP contribution >= 0.6 is 15.9 Å². The third kappa shape index (κ3) is 3.36. The lowest BCUT2D eigenvalue weighted by Gasteiger charge is -2.11. The number of benzene rings is 1. The maximum atomic E-state index is 13.7. The largest absolute Gasteiger partial charge is 0.392 e. The van der Waals surface area contributed by atoms with E-state index in [0.29, 0.717) is 4.47 Å². The van der Waals surface area contributed by atoms with Gasteiger partial charge in [0.25, 0.3) is 10.0 Å². The molecule has 0 aliphatic rings. The van der Waals surface area contributed by atoms with E-state index in [4.69, 9.17) is 5.11 Å². The van der Waals surface area contributed by atoms with Crippen LogP contribution in [0.4, 0.5) is 14.5 Å². The highest BCUT2D eigenvalue weighted by Gasteiger charge is 2.23. The van der Waals surface area contributed by atoms with E-state index >= 15 is 0 Å². The molecular weight excluding hydrogens is 370 g/mol. The topological polar surface area (TPSA) is 79.3 Å². The summed E-state index contributed by atoms with van der Waals surface area (Å²) in [6.45, 7) is -0.612. The first-order chi connectivity index (χ1) is 9.85. The second-order valence-electron chi connectivity index (χ2n) is 4.01. The molecule has 0 spiro atoms. The van der Waals surface area contributed by atoms with Crippen LogP contribution in [0.25, 0.3) is 0 Å². The molecular formula is C12H9BrF2N2O3S. The Bertz CT molecular complexity index is 784. The summed E-state index contributed by atoms with van der Waals surface area (Å²) in [5.41, 5.74) is 0.0716. The van der Waals surface area contributed by atoms with Crippen molar-refractivity contribution < 1.29 is 22.3 Å². The molecule has 0 amide bonds. The van der Waals surface area contributed by atoms with Crippen molar-refractivity contribution in [2.24, 2.45) is 0 Å². The number of aliphatic hydroxyl groups excluding tert-OH is 1. The van der Waals surface area contributed by atoms with E-state index in [2.05, 4.69) is 25.6 Å². The molecule has 0 bridgehead atoms. The Morgan fingerprint density at radius 1 is 1.33 bits per heavy atom. The number of pyridine rings is 1. The van der Waals surface area contributed by atoms with E-state index in [1.54, 1.807) is 0 Å². The van der Waals surface area contributed by atoms with Gasteiger partial charge in [-0.3, -0.25) is 9.71 Å². The second-order valence-corrected chi connectivity index (χ2v) is 6.51. The first-order valence-corrected chi connectivity index (χ1v) is 7.84. The number of halogens is 3. The van der Waals surface area contributed by atoms with E-state index in [1.165, 1.54) is 18.5 Å². The van der Waals surface area contributed by atoms with Crippen molar-refractivity contribution >= 4 is 31.6 Å². The lowest BCUT2D eigenvalue weighted by Crippen LogP contribution is -2.16. The minimum atomic E-state index is -4.36. The summed E-state index contributed by atoms with van der Waals surface area (Å²) in [5.74, 6) is -2.86. The Balaban J connectivity index is 2.50. The maximum Gasteiger partial charge on any atom is 0.264 e. The van der Waals surface area contributed by atoms with Gasteiger partial charge in [-0.1, -0.05) is 0 Å². The fraction of sp³-hybridized carbons (Fsp3) is 0.0833. The number of hydrogen-bond donors (Lipinski definition) is 2. The number of rotatable bonds is 4. The molecule has 0 atom stereocenters. The smallest absolute Gasteiger partial charge is 0.264 e. The first kappa shape index (κ1) is 15.8. The lowest BCUT2D eigenvalue weighted by molar-refractivity contribution is 0.280. The second kappa shape index (κ2) is 6.04. The number of aromatic nitrogens is 1. The van der Waals surface area contributed by atoms with Crippen molar-refractivity contribution in [3.05, 3.63) is 52.3 Å². The average Bonchev–Trinajstić information content (AvgIpc) is 2.43. The predicted octanol–water partition coefficient (Wildman–Crippen LogP) is 2.42. The summed E-state index contributed by atoms with van der Waals surface area (Å²) >= 11 is 3.09. The van der Waals surface area contributed by atoms with Gasteiger partial charge in [-0.25, -0.2) is 17.2 Å². The molecule has 0 aliphatic heterocycles. The monoisotopic (exact) mass is 378 g/mol. The minimum absolute atomic E-state index is 0.0527. The standard InChI is InChI=1S/C12H9BrF2N2O3S/c13-8-5-16-2-1-10(8)17-21(19,20)11-4-7(6-18)3-9(14)12(11)15/h1-5,18H,6H2,(H,16,17). The van der Waals surface area contributed by atoms with Gasteiger partial charge in [-0.05, 0) is 39.7 Å². The molecule has 0 unspecified atom stereocenters. The number of aliphatic hydroxyl groups is 1. The van der Waals surface area contributed by atoms with E-state index in [0.717, 1.165) is 12.1 Å². The molecule has 0 fully saturated rings. The zero-order valence-corrected chi connectivity index (χ0v) is 12.7. The van der Waals surface area contributed by atoms with Crippen molar-refractivity contribution in [3.63, 3.8) is 0 Å². The number of hydrogen-bond acceptors (Lipinski definition) is 4. The van der Waals surface area contributed by atoms with Crippen LogP contribution in [0.5, 0.6) is 0 Å². The van der Waals surface area contributed by atoms with Crippen LogP contribution in [0.1, 0.15) is 5.56 Å². The summed E-state index contributed by atoms with van der Waals surface area (Å²) in [5, 5.41) is 8.96. The molecule has 0 saturated carbocycles. The van der Waals surface area contributed by atoms with Gasteiger partial charge in [-0.2, -0.15) is 0 Å². The molecule has 0 saturated heterocycles. The fourth-order valence-electron chi connectivity index (χ4n) is 1.56. The summed E-state index contributed by atoms with van der Waals surface area (Å²) in [6, 6.07) is 2.96. The minimum Gasteiger partial charge on any atom is -0.392 e. The highest BCUT2D eigenvalue weighted by Crippen LogP contribution is 2.26. The van der Waals surface area contributed by atoms with Crippen molar-refractivity contribution in [2.75, 3.05) is 4.72 Å². The molecule has 1 heterocycles.